The Morgan fingerprint density at radius 2 is 1.06 bits per heavy atom. The van der Waals surface area contributed by atoms with Gasteiger partial charge in [0.1, 0.15) is 37.1 Å². The molecule has 0 saturated carbocycles. The monoisotopic (exact) mass is 1260 g/mol. The first-order chi connectivity index (χ1) is 38.3. The van der Waals surface area contributed by atoms with Crippen LogP contribution in [-0.2, 0) is 75.5 Å². The van der Waals surface area contributed by atoms with Crippen LogP contribution in [0.25, 0.3) is 0 Å². The van der Waals surface area contributed by atoms with Gasteiger partial charge in [0.2, 0.25) is 5.91 Å². The van der Waals surface area contributed by atoms with Gasteiger partial charge < -0.3 is 56.8 Å². The zero-order chi connectivity index (χ0) is 63.8. The standard InChI is InChI=1S/C49H54F17NO16Si/c1-23(68)67-32-35(82-40-37(78-27(5)72)36(77-26(4)71)34(76-25(3)70)30(80-40)21-73-24(2)69)33-31(22-74-38(81-33)28-15-11-9-12-16-28)79-39(32)83-84(41(6,7)8,29-17-13-10-14-18-29)75-20-19-42(50,51)43(52,53)44(54,55)45(56,57)46(58,59)47(60,61)48(62,63)49(64,65)66/h9-18,30-40H,19-22H2,1-8H3,(H,67,68)/t30-,31-,32-,33-,34-,35-,36+,37-,38?,39+,40+,84?/m1/s1. The first-order valence-corrected chi connectivity index (χ1v) is 26.4. The first-order valence-electron chi connectivity index (χ1n) is 24.6. The van der Waals surface area contributed by atoms with Gasteiger partial charge in [-0.25, -0.2) is 0 Å². The number of hydrogen-bond acceptors (Lipinski definition) is 16. The molecule has 3 fully saturated rings. The summed E-state index contributed by atoms with van der Waals surface area (Å²) in [6.45, 7) is 4.77. The lowest BCUT2D eigenvalue weighted by Gasteiger charge is -2.53. The summed E-state index contributed by atoms with van der Waals surface area (Å²) < 4.78 is 309. The fourth-order valence-electron chi connectivity index (χ4n) is 8.96. The number of carbonyl (C=O) groups is 5. The summed E-state index contributed by atoms with van der Waals surface area (Å²) in [5.41, 5.74) is 0.339. The van der Waals surface area contributed by atoms with E-state index in [0.29, 0.717) is 5.56 Å². The Kier molecular flexibility index (Phi) is 20.7. The Hall–Kier alpha value is -5.46. The summed E-state index contributed by atoms with van der Waals surface area (Å²) in [7, 11) is -5.21. The number of halogens is 17. The normalized spacial score (nSPS) is 26.7. The second kappa shape index (κ2) is 25.1. The maximum Gasteiger partial charge on any atom is 0.460 e. The molecule has 474 valence electrons. The molecule has 3 saturated heterocycles. The quantitative estimate of drug-likeness (QED) is 0.0510. The summed E-state index contributed by atoms with van der Waals surface area (Å²) in [5.74, 6) is -63.5. The lowest BCUT2D eigenvalue weighted by molar-refractivity contribution is -0.461. The highest BCUT2D eigenvalue weighted by molar-refractivity contribution is 6.83. The molecule has 0 radical (unpaired) electrons. The Bertz CT molecular complexity index is 2640. The van der Waals surface area contributed by atoms with Crippen molar-refractivity contribution in [2.45, 2.75) is 182 Å². The van der Waals surface area contributed by atoms with Gasteiger partial charge in [0, 0.05) is 58.2 Å². The SMILES string of the molecule is CC(=O)N[C@H]1[C@H](O[Si](OCCC(F)(F)C(F)(F)C(F)(F)C(F)(F)C(F)(F)C(F)(F)C(F)(F)C(F)(F)F)(c2ccccc2)C(C)(C)C)O[C@@H]2COC(c3ccccc3)O[C@H]2[C@@H]1O[C@@H]1O[C@H](COC(C)=O)[C@@H](OC(C)=O)[C@H](OC(C)=O)[C@H]1OC(C)=O. The minimum Gasteiger partial charge on any atom is -0.463 e. The number of esters is 4. The molecule has 3 aliphatic rings. The average molecular weight is 1260 g/mol. The van der Waals surface area contributed by atoms with E-state index >= 15 is 17.6 Å². The smallest absolute Gasteiger partial charge is 0.460 e. The van der Waals surface area contributed by atoms with Gasteiger partial charge in [-0.3, -0.25) is 24.0 Å². The predicted molar refractivity (Wildman–Crippen MR) is 247 cm³/mol. The van der Waals surface area contributed by atoms with E-state index in [1.807, 2.05) is 0 Å². The molecule has 0 aromatic heterocycles. The van der Waals surface area contributed by atoms with Crippen molar-refractivity contribution in [2.24, 2.45) is 0 Å². The highest BCUT2D eigenvalue weighted by Gasteiger charge is 2.95. The Labute approximate surface area is 466 Å². The van der Waals surface area contributed by atoms with Gasteiger partial charge in [-0.05, 0) is 5.19 Å². The molecule has 12 atom stereocenters. The Balaban J connectivity index is 1.65. The van der Waals surface area contributed by atoms with Gasteiger partial charge in [-0.15, -0.1) is 0 Å². The van der Waals surface area contributed by atoms with Crippen LogP contribution in [0.5, 0.6) is 0 Å². The van der Waals surface area contributed by atoms with Crippen LogP contribution in [0.2, 0.25) is 5.04 Å². The van der Waals surface area contributed by atoms with E-state index in [-0.39, 0.29) is 5.19 Å². The summed E-state index contributed by atoms with van der Waals surface area (Å²) >= 11 is 0. The largest absolute Gasteiger partial charge is 0.463 e. The van der Waals surface area contributed by atoms with E-state index in [9.17, 15) is 81.0 Å². The van der Waals surface area contributed by atoms with Crippen molar-refractivity contribution in [1.29, 1.82) is 0 Å². The highest BCUT2D eigenvalue weighted by atomic mass is 28.4. The van der Waals surface area contributed by atoms with E-state index in [4.69, 9.17) is 51.5 Å². The second-order valence-corrected chi connectivity index (χ2v) is 24.0. The molecule has 3 aliphatic heterocycles. The summed E-state index contributed by atoms with van der Waals surface area (Å²) in [4.78, 5) is 63.5. The Morgan fingerprint density at radius 1 is 0.571 bits per heavy atom. The number of ether oxygens (including phenoxy) is 9. The van der Waals surface area contributed by atoms with Crippen LogP contribution in [0, 0.1) is 0 Å². The van der Waals surface area contributed by atoms with Crippen LogP contribution < -0.4 is 10.5 Å². The van der Waals surface area contributed by atoms with Crippen molar-refractivity contribution in [3.63, 3.8) is 0 Å². The van der Waals surface area contributed by atoms with E-state index in [1.165, 1.54) is 39.0 Å². The maximum absolute atomic E-state index is 15.6. The zero-order valence-corrected chi connectivity index (χ0v) is 45.9. The summed E-state index contributed by atoms with van der Waals surface area (Å²) in [6.07, 6.45) is -29.0. The topological polar surface area (TPSA) is 199 Å². The molecule has 2 aromatic rings. The van der Waals surface area contributed by atoms with Crippen LogP contribution in [0.1, 0.15) is 73.7 Å². The molecular weight excluding hydrogens is 1210 g/mol. The van der Waals surface area contributed by atoms with Crippen molar-refractivity contribution >= 4 is 43.5 Å². The molecular formula is C49H54F17NO16Si. The van der Waals surface area contributed by atoms with Gasteiger partial charge in [-0.1, -0.05) is 81.4 Å². The third kappa shape index (κ3) is 13.5. The van der Waals surface area contributed by atoms with Crippen molar-refractivity contribution in [2.75, 3.05) is 19.8 Å². The minimum absolute atomic E-state index is 0.235. The third-order valence-corrected chi connectivity index (χ3v) is 17.2. The molecule has 1 N–H and O–H groups in total. The maximum atomic E-state index is 15.6. The van der Waals surface area contributed by atoms with Crippen molar-refractivity contribution in [1.82, 2.24) is 5.32 Å². The fraction of sp³-hybridized carbons (Fsp3) is 0.653. The molecule has 2 aromatic carbocycles. The predicted octanol–water partition coefficient (Wildman–Crippen LogP) is 8.38. The fourth-order valence-corrected chi connectivity index (χ4v) is 12.5. The zero-order valence-electron chi connectivity index (χ0n) is 44.9. The highest BCUT2D eigenvalue weighted by Crippen LogP contribution is 2.64. The number of nitrogens with one attached hydrogen (secondary N) is 1. The van der Waals surface area contributed by atoms with Crippen LogP contribution in [-0.4, -0.2) is 167 Å². The first kappa shape index (κ1) is 69.3. The molecule has 17 nitrogen and oxygen atoms in total. The van der Waals surface area contributed by atoms with Gasteiger partial charge in [-0.2, -0.15) is 74.6 Å². The lowest BCUT2D eigenvalue weighted by atomic mass is 9.88. The number of amides is 1. The minimum atomic E-state index is -8.86. The molecule has 35 heteroatoms. The van der Waals surface area contributed by atoms with Gasteiger partial charge >= 0.3 is 80.1 Å². The van der Waals surface area contributed by atoms with Gasteiger partial charge in [0.25, 0.3) is 0 Å². The van der Waals surface area contributed by atoms with Gasteiger partial charge in [0.15, 0.2) is 37.2 Å². The summed E-state index contributed by atoms with van der Waals surface area (Å²) in [6, 6.07) is 12.0. The molecule has 84 heavy (non-hydrogen) atoms. The molecule has 5 rings (SSSR count). The number of rotatable bonds is 22. The van der Waals surface area contributed by atoms with E-state index in [2.05, 4.69) is 5.32 Å². The molecule has 0 spiro atoms. The second-order valence-electron chi connectivity index (χ2n) is 20.2. The number of benzene rings is 2. The lowest BCUT2D eigenvalue weighted by Crippen LogP contribution is -2.74. The van der Waals surface area contributed by atoms with Crippen LogP contribution >= 0.6 is 0 Å². The number of alkyl halides is 17. The average Bonchev–Trinajstić information content (AvgIpc) is 0.720. The number of carbonyl (C=O) groups excluding carboxylic acids is 5. The molecule has 3 heterocycles. The van der Waals surface area contributed by atoms with Crippen molar-refractivity contribution in [3.05, 3.63) is 66.2 Å². The molecule has 0 bridgehead atoms. The number of hydrogen-bond donors (Lipinski definition) is 1. The van der Waals surface area contributed by atoms with Crippen LogP contribution in [0.15, 0.2) is 60.7 Å². The van der Waals surface area contributed by atoms with Crippen molar-refractivity contribution < 1.29 is 150 Å². The van der Waals surface area contributed by atoms with E-state index in [0.717, 1.165) is 46.8 Å². The molecule has 2 unspecified atom stereocenters. The molecule has 0 aliphatic carbocycles. The third-order valence-electron chi connectivity index (χ3n) is 13.0. The van der Waals surface area contributed by atoms with Crippen molar-refractivity contribution in [3.8, 4) is 0 Å². The van der Waals surface area contributed by atoms with Crippen LogP contribution in [0.4, 0.5) is 74.6 Å². The molecule has 1 amide bonds. The van der Waals surface area contributed by atoms with Crippen LogP contribution in [0.3, 0.4) is 0 Å². The number of fused-ring (bicyclic) bond motifs is 1. The van der Waals surface area contributed by atoms with Gasteiger partial charge in [0.05, 0.1) is 6.61 Å². The Morgan fingerprint density at radius 3 is 1.55 bits per heavy atom. The summed E-state index contributed by atoms with van der Waals surface area (Å²) in [5, 5.41) is 0.485. The van der Waals surface area contributed by atoms with E-state index < -0.39 is 185 Å². The van der Waals surface area contributed by atoms with E-state index in [1.54, 1.807) is 30.3 Å².